The Kier molecular flexibility index (Phi) is 7.77. The molecule has 3 aromatic rings. The number of ether oxygens (including phenoxy) is 1. The van der Waals surface area contributed by atoms with Crippen molar-refractivity contribution in [1.29, 1.82) is 0 Å². The molecule has 1 fully saturated rings. The van der Waals surface area contributed by atoms with Crippen molar-refractivity contribution in [1.82, 2.24) is 9.88 Å². The third-order valence-electron chi connectivity index (χ3n) is 5.26. The Morgan fingerprint density at radius 3 is 2.25 bits per heavy atom. The molecule has 1 aliphatic rings. The van der Waals surface area contributed by atoms with Gasteiger partial charge in [-0.25, -0.2) is 0 Å². The Labute approximate surface area is 206 Å². The maximum absolute atomic E-state index is 12.6. The second-order valence-electron chi connectivity index (χ2n) is 7.58. The van der Waals surface area contributed by atoms with Crippen LogP contribution in [0.3, 0.4) is 0 Å². The summed E-state index contributed by atoms with van der Waals surface area (Å²) in [6.07, 6.45) is -2.40. The molecule has 1 saturated heterocycles. The van der Waals surface area contributed by atoms with Crippen molar-refractivity contribution in [2.75, 3.05) is 13.1 Å². The number of aryl methyl sites for hydroxylation is 1. The minimum Gasteiger partial charge on any atom is -0.488 e. The normalized spacial score (nSPS) is 14.4. The molecule has 4 rings (SSSR count). The molecule has 0 N–H and O–H groups in total. The number of hydrogen-bond acceptors (Lipinski definition) is 4. The van der Waals surface area contributed by atoms with Crippen LogP contribution in [0.15, 0.2) is 60.7 Å². The van der Waals surface area contributed by atoms with Gasteiger partial charge in [-0.15, -0.1) is 5.56 Å². The molecule has 0 amide bonds. The van der Waals surface area contributed by atoms with E-state index in [1.54, 1.807) is 19.1 Å². The molecule has 160 valence electrons. The minimum absolute atomic E-state index is 0. The molecule has 8 heteroatoms. The molecule has 32 heavy (non-hydrogen) atoms. The topological polar surface area (TPSA) is 42.4 Å². The van der Waals surface area contributed by atoms with Gasteiger partial charge in [-0.2, -0.15) is 19.2 Å². The number of benzene rings is 2. The smallest absolute Gasteiger partial charge is 0.488 e. The van der Waals surface area contributed by atoms with Crippen LogP contribution in [0.2, 0.25) is 0 Å². The molecule has 1 aliphatic heterocycles. The van der Waals surface area contributed by atoms with Gasteiger partial charge in [-0.3, -0.25) is 4.90 Å². The summed E-state index contributed by atoms with van der Waals surface area (Å²) in [4.78, 5) is 17.4. The fraction of sp³-hybridized carbons (Fsp3) is 0.250. The number of pyridine rings is 1. The van der Waals surface area contributed by atoms with E-state index in [9.17, 15) is 18.0 Å². The monoisotopic (exact) mass is 448 g/mol. The van der Waals surface area contributed by atoms with Gasteiger partial charge >= 0.3 is 35.7 Å². The van der Waals surface area contributed by atoms with Gasteiger partial charge in [-0.1, -0.05) is 30.8 Å². The van der Waals surface area contributed by atoms with Crippen molar-refractivity contribution in [3.63, 3.8) is 0 Å². The second-order valence-corrected chi connectivity index (χ2v) is 7.58. The molecule has 0 atom stereocenters. The van der Waals surface area contributed by atoms with Crippen molar-refractivity contribution >= 4 is 6.29 Å². The van der Waals surface area contributed by atoms with Crippen LogP contribution in [-0.4, -0.2) is 35.4 Å². The average molecular weight is 448 g/mol. The number of rotatable bonds is 6. The summed E-state index contributed by atoms with van der Waals surface area (Å²) >= 11 is 0. The van der Waals surface area contributed by atoms with Crippen molar-refractivity contribution in [2.45, 2.75) is 25.7 Å². The summed E-state index contributed by atoms with van der Waals surface area (Å²) in [6, 6.07) is 16.4. The summed E-state index contributed by atoms with van der Waals surface area (Å²) < 4.78 is 43.9. The molecular formula is C24H20F3N2NaO2. The number of nitrogens with zero attached hydrogens (tertiary/aromatic N) is 2. The molecule has 2 heterocycles. The van der Waals surface area contributed by atoms with Gasteiger partial charge in [0.1, 0.15) is 11.9 Å². The van der Waals surface area contributed by atoms with E-state index in [0.29, 0.717) is 30.9 Å². The van der Waals surface area contributed by atoms with E-state index in [0.717, 1.165) is 34.7 Å². The number of likely N-dealkylation sites (tertiary alicyclic amines) is 1. The zero-order valence-electron chi connectivity index (χ0n) is 17.8. The first kappa shape index (κ1) is 24.5. The number of hydrogen-bond donors (Lipinski definition) is 0. The Balaban J connectivity index is 0.00000289. The van der Waals surface area contributed by atoms with Gasteiger partial charge in [0.05, 0.1) is 11.8 Å². The third-order valence-corrected chi connectivity index (χ3v) is 5.26. The zero-order chi connectivity index (χ0) is 22.0. The number of halogens is 3. The standard InChI is InChI=1S/C24H20F3N2O2.Na/c1-16-19(15-30)6-11-23(28-16)18-4-9-21(10-5-18)31-22-13-29(14-22)12-17-2-7-20(8-3-17)24(25,26)27;/h2-11,22H,12-14H2,1H3;/q-1;+1. The van der Waals surface area contributed by atoms with Gasteiger partial charge in [0.25, 0.3) is 0 Å². The van der Waals surface area contributed by atoms with Crippen LogP contribution in [-0.2, 0) is 17.5 Å². The minimum atomic E-state index is -4.31. The first-order chi connectivity index (χ1) is 14.8. The Morgan fingerprint density at radius 2 is 1.69 bits per heavy atom. The molecule has 1 aromatic heterocycles. The van der Waals surface area contributed by atoms with Crippen LogP contribution in [0.4, 0.5) is 13.2 Å². The SMILES string of the molecule is Cc1nc(-c2ccc(OC3CN(Cc4ccc(C(F)(F)F)cc4)C3)cc2)ccc1[C-]=O.[Na+]. The van der Waals surface area contributed by atoms with Gasteiger partial charge in [0.15, 0.2) is 0 Å². The largest absolute Gasteiger partial charge is 1.00 e. The molecule has 4 nitrogen and oxygen atoms in total. The van der Waals surface area contributed by atoms with Crippen LogP contribution in [0.1, 0.15) is 22.4 Å². The average Bonchev–Trinajstić information content (AvgIpc) is 2.72. The van der Waals surface area contributed by atoms with Gasteiger partial charge < -0.3 is 14.5 Å². The van der Waals surface area contributed by atoms with Crippen LogP contribution < -0.4 is 34.3 Å². The summed E-state index contributed by atoms with van der Waals surface area (Å²) in [7, 11) is 0. The Bertz CT molecular complexity index is 1060. The first-order valence-electron chi connectivity index (χ1n) is 9.83. The van der Waals surface area contributed by atoms with E-state index in [2.05, 4.69) is 9.88 Å². The predicted octanol–water partition coefficient (Wildman–Crippen LogP) is 1.80. The van der Waals surface area contributed by atoms with E-state index >= 15 is 0 Å². The zero-order valence-corrected chi connectivity index (χ0v) is 19.8. The number of aromatic nitrogens is 1. The van der Waals surface area contributed by atoms with E-state index < -0.39 is 11.7 Å². The van der Waals surface area contributed by atoms with Crippen LogP contribution >= 0.6 is 0 Å². The number of carbonyl (C=O) groups excluding carboxylic acids is 1. The van der Waals surface area contributed by atoms with E-state index in [-0.39, 0.29) is 35.7 Å². The van der Waals surface area contributed by atoms with Crippen LogP contribution in [0, 0.1) is 6.92 Å². The summed E-state index contributed by atoms with van der Waals surface area (Å²) in [5.74, 6) is 0.748. The predicted molar refractivity (Wildman–Crippen MR) is 110 cm³/mol. The first-order valence-corrected chi connectivity index (χ1v) is 9.83. The fourth-order valence-electron chi connectivity index (χ4n) is 3.51. The van der Waals surface area contributed by atoms with Crippen molar-refractivity contribution < 1.29 is 52.3 Å². The summed E-state index contributed by atoms with van der Waals surface area (Å²) in [6.45, 7) is 3.80. The van der Waals surface area contributed by atoms with Gasteiger partial charge in [0.2, 0.25) is 0 Å². The molecule has 0 radical (unpaired) electrons. The second kappa shape index (κ2) is 10.2. The van der Waals surface area contributed by atoms with E-state index in [1.807, 2.05) is 30.6 Å². The maximum atomic E-state index is 12.6. The third kappa shape index (κ3) is 5.78. The van der Waals surface area contributed by atoms with Crippen LogP contribution in [0.5, 0.6) is 5.75 Å². The Hall–Kier alpha value is -2.19. The van der Waals surface area contributed by atoms with Crippen molar-refractivity contribution in [3.8, 4) is 17.0 Å². The molecule has 0 spiro atoms. The van der Waals surface area contributed by atoms with Crippen molar-refractivity contribution in [3.05, 3.63) is 83.0 Å². The Morgan fingerprint density at radius 1 is 1.03 bits per heavy atom. The van der Waals surface area contributed by atoms with Gasteiger partial charge in [-0.05, 0) is 47.5 Å². The van der Waals surface area contributed by atoms with Crippen LogP contribution in [0.25, 0.3) is 11.3 Å². The molecule has 2 aromatic carbocycles. The molecule has 0 saturated carbocycles. The molecular weight excluding hydrogens is 428 g/mol. The summed E-state index contributed by atoms with van der Waals surface area (Å²) in [5.41, 5.74) is 2.99. The fourth-order valence-corrected chi connectivity index (χ4v) is 3.51. The molecule has 0 unspecified atom stereocenters. The van der Waals surface area contributed by atoms with E-state index in [4.69, 9.17) is 4.74 Å². The maximum Gasteiger partial charge on any atom is 1.00 e. The quantitative estimate of drug-likeness (QED) is 0.426. The van der Waals surface area contributed by atoms with Gasteiger partial charge in [0, 0.05) is 25.3 Å². The number of alkyl halides is 3. The summed E-state index contributed by atoms with van der Waals surface area (Å²) in [5, 5.41) is 0. The molecule has 0 bridgehead atoms. The molecule has 0 aliphatic carbocycles. The van der Waals surface area contributed by atoms with E-state index in [1.165, 1.54) is 12.1 Å². The van der Waals surface area contributed by atoms with Crippen molar-refractivity contribution in [2.24, 2.45) is 0 Å².